The lowest BCUT2D eigenvalue weighted by Crippen LogP contribution is -2.23. The van der Waals surface area contributed by atoms with Crippen molar-refractivity contribution in [1.29, 1.82) is 0 Å². The topological polar surface area (TPSA) is 101 Å². The van der Waals surface area contributed by atoms with Gasteiger partial charge >= 0.3 is 5.69 Å². The van der Waals surface area contributed by atoms with Crippen LogP contribution in [-0.4, -0.2) is 31.5 Å². The Bertz CT molecular complexity index is 366. The van der Waals surface area contributed by atoms with E-state index in [0.29, 0.717) is 0 Å². The molecule has 1 aromatic heterocycles. The summed E-state index contributed by atoms with van der Waals surface area (Å²) in [4.78, 5) is 10.1. The van der Waals surface area contributed by atoms with Gasteiger partial charge in [0.2, 0.25) is 0 Å². The zero-order valence-electron chi connectivity index (χ0n) is 8.54. The van der Waals surface area contributed by atoms with Crippen LogP contribution in [0.3, 0.4) is 0 Å². The highest BCUT2D eigenvalue weighted by Gasteiger charge is 2.32. The van der Waals surface area contributed by atoms with Crippen LogP contribution in [0.25, 0.3) is 0 Å². The molecule has 0 bridgehead atoms. The van der Waals surface area contributed by atoms with E-state index in [9.17, 15) is 15.2 Å². The highest BCUT2D eigenvalue weighted by Crippen LogP contribution is 2.28. The minimum atomic E-state index is -1.37. The monoisotopic (exact) mass is 215 g/mol. The van der Waals surface area contributed by atoms with Crippen molar-refractivity contribution in [2.24, 2.45) is 0 Å². The van der Waals surface area contributed by atoms with Crippen LogP contribution in [0.1, 0.15) is 19.5 Å². The molecule has 0 saturated carbocycles. The second kappa shape index (κ2) is 3.95. The van der Waals surface area contributed by atoms with E-state index in [0.717, 1.165) is 6.20 Å². The van der Waals surface area contributed by atoms with Gasteiger partial charge in [0.1, 0.15) is 17.5 Å². The molecule has 0 aliphatic carbocycles. The number of rotatable bonds is 4. The predicted octanol–water partition coefficient (Wildman–Crippen LogP) is 0.0110. The lowest BCUT2D eigenvalue weighted by Gasteiger charge is -2.17. The van der Waals surface area contributed by atoms with Crippen molar-refractivity contribution < 1.29 is 15.1 Å². The first kappa shape index (κ1) is 11.6. The number of aromatic nitrogens is 2. The summed E-state index contributed by atoms with van der Waals surface area (Å²) in [6, 6.07) is 0. The van der Waals surface area contributed by atoms with Crippen molar-refractivity contribution in [3.63, 3.8) is 0 Å². The summed E-state index contributed by atoms with van der Waals surface area (Å²) in [5.74, 6) is 0. The number of hydrogen-bond donors (Lipinski definition) is 2. The van der Waals surface area contributed by atoms with Gasteiger partial charge in [-0.05, 0) is 13.8 Å². The molecule has 0 aromatic carbocycles. The summed E-state index contributed by atoms with van der Waals surface area (Å²) < 4.78 is 1.23. The third kappa shape index (κ3) is 2.31. The molecule has 2 N–H and O–H groups in total. The standard InChI is InChI=1S/C8H13N3O4/c1-8(2,13)7-6(11(14)15)5-9-10(7)3-4-12/h5,12-13H,3-4H2,1-2H3. The Balaban J connectivity index is 3.27. The lowest BCUT2D eigenvalue weighted by atomic mass is 10.0. The van der Waals surface area contributed by atoms with E-state index in [1.54, 1.807) is 0 Å². The summed E-state index contributed by atoms with van der Waals surface area (Å²) in [6.07, 6.45) is 1.07. The Morgan fingerprint density at radius 1 is 1.67 bits per heavy atom. The zero-order valence-corrected chi connectivity index (χ0v) is 8.54. The zero-order chi connectivity index (χ0) is 11.6. The maximum absolute atomic E-state index is 10.7. The summed E-state index contributed by atoms with van der Waals surface area (Å²) >= 11 is 0. The molecule has 0 fully saturated rings. The van der Waals surface area contributed by atoms with E-state index in [4.69, 9.17) is 5.11 Å². The SMILES string of the molecule is CC(C)(O)c1c([N+](=O)[O-])cnn1CCO. The minimum Gasteiger partial charge on any atom is -0.394 e. The van der Waals surface area contributed by atoms with Crippen molar-refractivity contribution in [2.45, 2.75) is 26.0 Å². The van der Waals surface area contributed by atoms with Crippen LogP contribution in [0.5, 0.6) is 0 Å². The molecule has 1 heterocycles. The highest BCUT2D eigenvalue weighted by molar-refractivity contribution is 5.36. The largest absolute Gasteiger partial charge is 0.394 e. The Kier molecular flexibility index (Phi) is 3.06. The fourth-order valence-electron chi connectivity index (χ4n) is 1.40. The van der Waals surface area contributed by atoms with Crippen molar-refractivity contribution >= 4 is 5.69 Å². The van der Waals surface area contributed by atoms with E-state index in [-0.39, 0.29) is 24.5 Å². The first-order valence-electron chi connectivity index (χ1n) is 4.42. The molecular weight excluding hydrogens is 202 g/mol. The van der Waals surface area contributed by atoms with Crippen LogP contribution in [0.15, 0.2) is 6.20 Å². The van der Waals surface area contributed by atoms with Gasteiger partial charge in [-0.1, -0.05) is 0 Å². The molecule has 0 aliphatic heterocycles. The van der Waals surface area contributed by atoms with E-state index in [1.807, 2.05) is 0 Å². The van der Waals surface area contributed by atoms with E-state index in [1.165, 1.54) is 18.5 Å². The molecule has 1 rings (SSSR count). The molecule has 7 heteroatoms. The highest BCUT2D eigenvalue weighted by atomic mass is 16.6. The quantitative estimate of drug-likeness (QED) is 0.544. The molecule has 0 amide bonds. The Morgan fingerprint density at radius 2 is 2.27 bits per heavy atom. The second-order valence-electron chi connectivity index (χ2n) is 3.64. The van der Waals surface area contributed by atoms with Gasteiger partial charge in [-0.2, -0.15) is 5.10 Å². The molecule has 0 saturated heterocycles. The van der Waals surface area contributed by atoms with Crippen molar-refractivity contribution in [2.75, 3.05) is 6.61 Å². The smallest absolute Gasteiger partial charge is 0.313 e. The first-order chi connectivity index (χ1) is 6.88. The normalized spacial score (nSPS) is 11.7. The van der Waals surface area contributed by atoms with Crippen LogP contribution in [0.4, 0.5) is 5.69 Å². The molecular formula is C8H13N3O4. The number of nitro groups is 1. The van der Waals surface area contributed by atoms with E-state index in [2.05, 4.69) is 5.10 Å². The van der Waals surface area contributed by atoms with E-state index >= 15 is 0 Å². The third-order valence-corrected chi connectivity index (χ3v) is 1.91. The number of aliphatic hydroxyl groups is 2. The van der Waals surface area contributed by atoms with Gasteiger partial charge in [0.05, 0.1) is 18.1 Å². The Labute approximate surface area is 86.1 Å². The minimum absolute atomic E-state index is 0.0987. The Hall–Kier alpha value is -1.47. The molecule has 0 aliphatic rings. The molecule has 84 valence electrons. The summed E-state index contributed by atoms with van der Waals surface area (Å²) in [5.41, 5.74) is -1.51. The van der Waals surface area contributed by atoms with Gasteiger partial charge in [0.25, 0.3) is 0 Å². The lowest BCUT2D eigenvalue weighted by molar-refractivity contribution is -0.386. The number of nitrogens with zero attached hydrogens (tertiary/aromatic N) is 3. The van der Waals surface area contributed by atoms with Crippen LogP contribution >= 0.6 is 0 Å². The molecule has 15 heavy (non-hydrogen) atoms. The van der Waals surface area contributed by atoms with Crippen molar-refractivity contribution in [3.8, 4) is 0 Å². The predicted molar refractivity (Wildman–Crippen MR) is 51.2 cm³/mol. The van der Waals surface area contributed by atoms with Gasteiger partial charge < -0.3 is 10.2 Å². The first-order valence-corrected chi connectivity index (χ1v) is 4.42. The molecule has 0 radical (unpaired) electrons. The summed E-state index contributed by atoms with van der Waals surface area (Å²) in [5, 5.41) is 32.9. The van der Waals surface area contributed by atoms with Gasteiger partial charge in [-0.15, -0.1) is 0 Å². The van der Waals surface area contributed by atoms with Crippen molar-refractivity contribution in [3.05, 3.63) is 22.0 Å². The van der Waals surface area contributed by atoms with Crippen LogP contribution in [-0.2, 0) is 12.1 Å². The fraction of sp³-hybridized carbons (Fsp3) is 0.625. The van der Waals surface area contributed by atoms with Crippen LogP contribution in [0, 0.1) is 10.1 Å². The van der Waals surface area contributed by atoms with Crippen LogP contribution in [0.2, 0.25) is 0 Å². The molecule has 0 unspecified atom stereocenters. The van der Waals surface area contributed by atoms with Crippen LogP contribution < -0.4 is 0 Å². The fourth-order valence-corrected chi connectivity index (χ4v) is 1.40. The van der Waals surface area contributed by atoms with Gasteiger partial charge in [0.15, 0.2) is 0 Å². The number of hydrogen-bond acceptors (Lipinski definition) is 5. The van der Waals surface area contributed by atoms with Gasteiger partial charge in [-0.3, -0.25) is 14.8 Å². The second-order valence-corrected chi connectivity index (χ2v) is 3.64. The average Bonchev–Trinajstić information content (AvgIpc) is 2.47. The Morgan fingerprint density at radius 3 is 2.67 bits per heavy atom. The van der Waals surface area contributed by atoms with E-state index < -0.39 is 10.5 Å². The molecule has 0 spiro atoms. The average molecular weight is 215 g/mol. The summed E-state index contributed by atoms with van der Waals surface area (Å²) in [7, 11) is 0. The maximum Gasteiger partial charge on any atom is 0.313 e. The molecule has 1 aromatic rings. The van der Waals surface area contributed by atoms with Crippen molar-refractivity contribution in [1.82, 2.24) is 9.78 Å². The number of aliphatic hydroxyl groups excluding tert-OH is 1. The van der Waals surface area contributed by atoms with Gasteiger partial charge in [0, 0.05) is 0 Å². The molecule has 0 atom stereocenters. The van der Waals surface area contributed by atoms with Gasteiger partial charge in [-0.25, -0.2) is 0 Å². The summed E-state index contributed by atoms with van der Waals surface area (Å²) in [6.45, 7) is 2.80. The molecule has 7 nitrogen and oxygen atoms in total. The third-order valence-electron chi connectivity index (χ3n) is 1.91. The maximum atomic E-state index is 10.7.